The maximum atomic E-state index is 12.7. The molecule has 1 fully saturated rings. The molecule has 0 spiro atoms. The number of hydrogen-bond donors (Lipinski definition) is 2. The summed E-state index contributed by atoms with van der Waals surface area (Å²) in [5.41, 5.74) is 6.43. The van der Waals surface area contributed by atoms with Gasteiger partial charge in [-0.1, -0.05) is 12.5 Å². The van der Waals surface area contributed by atoms with Gasteiger partial charge in [0.2, 0.25) is 11.8 Å². The summed E-state index contributed by atoms with van der Waals surface area (Å²) in [6.45, 7) is 2.99. The predicted octanol–water partition coefficient (Wildman–Crippen LogP) is 2.28. The Morgan fingerprint density at radius 3 is 2.76 bits per heavy atom. The number of anilines is 1. The van der Waals surface area contributed by atoms with Crippen molar-refractivity contribution < 1.29 is 14.3 Å². The van der Waals surface area contributed by atoms with Crippen LogP contribution < -0.4 is 15.8 Å². The number of likely N-dealkylation sites (N-methyl/N-ethyl adjacent to an activating group) is 1. The molecule has 1 aromatic rings. The van der Waals surface area contributed by atoms with Crippen LogP contribution in [0.1, 0.15) is 26.2 Å². The van der Waals surface area contributed by atoms with E-state index < -0.39 is 0 Å². The van der Waals surface area contributed by atoms with E-state index in [0.717, 1.165) is 19.3 Å². The van der Waals surface area contributed by atoms with E-state index >= 15 is 0 Å². The highest BCUT2D eigenvalue weighted by atomic mass is 35.5. The number of ether oxygens (including phenoxy) is 1. The van der Waals surface area contributed by atoms with Crippen molar-refractivity contribution in [3.05, 3.63) is 24.3 Å². The third kappa shape index (κ3) is 5.61. The molecule has 0 aliphatic heterocycles. The van der Waals surface area contributed by atoms with Crippen molar-refractivity contribution in [1.29, 1.82) is 0 Å². The summed E-state index contributed by atoms with van der Waals surface area (Å²) in [6.07, 6.45) is 2.90. The first-order chi connectivity index (χ1) is 11.6. The molecule has 2 atom stereocenters. The highest BCUT2D eigenvalue weighted by Gasteiger charge is 2.34. The first-order valence-corrected chi connectivity index (χ1v) is 8.51. The number of nitrogens with zero attached hydrogens (tertiary/aromatic N) is 1. The molecule has 140 valence electrons. The molecular formula is C18H28ClN3O3. The van der Waals surface area contributed by atoms with Gasteiger partial charge in [0.15, 0.2) is 0 Å². The standard InChI is InChI=1S/C18H27N3O3.ClH/c1-3-21(18(23)16-9-4-6-13(16)11-19)12-17(22)20-14-7-5-8-15(10-14)24-2;/h5,7-8,10,13,16H,3-4,6,9,11-12,19H2,1-2H3,(H,20,22);1H/t13-,16-;/m1./s1. The highest BCUT2D eigenvalue weighted by molar-refractivity contribution is 5.95. The molecule has 1 aliphatic carbocycles. The van der Waals surface area contributed by atoms with Crippen molar-refractivity contribution in [2.45, 2.75) is 26.2 Å². The Hall–Kier alpha value is -1.79. The molecule has 25 heavy (non-hydrogen) atoms. The minimum atomic E-state index is -0.208. The van der Waals surface area contributed by atoms with E-state index in [1.165, 1.54) is 0 Å². The Labute approximate surface area is 155 Å². The quantitative estimate of drug-likeness (QED) is 0.772. The van der Waals surface area contributed by atoms with Crippen LogP contribution in [0, 0.1) is 11.8 Å². The summed E-state index contributed by atoms with van der Waals surface area (Å²) < 4.78 is 5.14. The first kappa shape index (κ1) is 21.3. The Kier molecular flexibility index (Phi) is 8.72. The molecular weight excluding hydrogens is 342 g/mol. The summed E-state index contributed by atoms with van der Waals surface area (Å²) >= 11 is 0. The smallest absolute Gasteiger partial charge is 0.243 e. The van der Waals surface area contributed by atoms with Crippen LogP contribution >= 0.6 is 12.4 Å². The fourth-order valence-corrected chi connectivity index (χ4v) is 3.30. The summed E-state index contributed by atoms with van der Waals surface area (Å²) in [4.78, 5) is 26.6. The van der Waals surface area contributed by atoms with Gasteiger partial charge in [0, 0.05) is 24.2 Å². The average molecular weight is 370 g/mol. The van der Waals surface area contributed by atoms with Crippen LogP contribution in [-0.2, 0) is 9.59 Å². The number of nitrogens with two attached hydrogens (primary N) is 1. The number of amides is 2. The average Bonchev–Trinajstić information content (AvgIpc) is 3.07. The molecule has 1 aliphatic rings. The molecule has 2 rings (SSSR count). The van der Waals surface area contributed by atoms with Crippen LogP contribution in [0.5, 0.6) is 5.75 Å². The van der Waals surface area contributed by atoms with Crippen molar-refractivity contribution >= 4 is 29.9 Å². The third-order valence-corrected chi connectivity index (χ3v) is 4.66. The van der Waals surface area contributed by atoms with Gasteiger partial charge in [-0.2, -0.15) is 0 Å². The Balaban J connectivity index is 0.00000312. The van der Waals surface area contributed by atoms with Gasteiger partial charge in [-0.05, 0) is 44.4 Å². The largest absolute Gasteiger partial charge is 0.497 e. The van der Waals surface area contributed by atoms with Crippen molar-refractivity contribution in [2.75, 3.05) is 32.1 Å². The Morgan fingerprint density at radius 1 is 1.36 bits per heavy atom. The number of nitrogens with one attached hydrogen (secondary N) is 1. The lowest BCUT2D eigenvalue weighted by Crippen LogP contribution is -2.43. The van der Waals surface area contributed by atoms with Crippen LogP contribution in [-0.4, -0.2) is 43.5 Å². The molecule has 1 saturated carbocycles. The maximum absolute atomic E-state index is 12.7. The van der Waals surface area contributed by atoms with Crippen molar-refractivity contribution in [1.82, 2.24) is 4.90 Å². The zero-order chi connectivity index (χ0) is 17.5. The topological polar surface area (TPSA) is 84.7 Å². The summed E-state index contributed by atoms with van der Waals surface area (Å²) in [7, 11) is 1.58. The summed E-state index contributed by atoms with van der Waals surface area (Å²) in [6, 6.07) is 7.16. The van der Waals surface area contributed by atoms with Gasteiger partial charge in [0.25, 0.3) is 0 Å². The van der Waals surface area contributed by atoms with E-state index in [2.05, 4.69) is 5.32 Å². The summed E-state index contributed by atoms with van der Waals surface area (Å²) in [5, 5.41) is 2.81. The van der Waals surface area contributed by atoms with Crippen LogP contribution in [0.25, 0.3) is 0 Å². The van der Waals surface area contributed by atoms with Crippen molar-refractivity contribution in [3.8, 4) is 5.75 Å². The SMILES string of the molecule is CCN(CC(=O)Nc1cccc(OC)c1)C(=O)[C@@H]1CCC[C@@H]1CN.Cl. The zero-order valence-electron chi connectivity index (χ0n) is 14.9. The lowest BCUT2D eigenvalue weighted by Gasteiger charge is -2.26. The van der Waals surface area contributed by atoms with E-state index in [4.69, 9.17) is 10.5 Å². The molecule has 0 unspecified atom stereocenters. The Morgan fingerprint density at radius 2 is 2.12 bits per heavy atom. The van der Waals surface area contributed by atoms with Crippen LogP contribution in [0.15, 0.2) is 24.3 Å². The lowest BCUT2D eigenvalue weighted by atomic mass is 9.94. The second-order valence-electron chi connectivity index (χ2n) is 6.17. The van der Waals surface area contributed by atoms with E-state index in [0.29, 0.717) is 24.5 Å². The van der Waals surface area contributed by atoms with Crippen LogP contribution in [0.4, 0.5) is 5.69 Å². The lowest BCUT2D eigenvalue weighted by molar-refractivity contribution is -0.139. The number of benzene rings is 1. The molecule has 0 bridgehead atoms. The van der Waals surface area contributed by atoms with Gasteiger partial charge in [-0.25, -0.2) is 0 Å². The maximum Gasteiger partial charge on any atom is 0.243 e. The number of carbonyl (C=O) groups is 2. The predicted molar refractivity (Wildman–Crippen MR) is 101 cm³/mol. The monoisotopic (exact) mass is 369 g/mol. The molecule has 7 heteroatoms. The second-order valence-corrected chi connectivity index (χ2v) is 6.17. The van der Waals surface area contributed by atoms with Gasteiger partial charge in [-0.3, -0.25) is 9.59 Å². The number of rotatable bonds is 7. The van der Waals surface area contributed by atoms with E-state index in [1.54, 1.807) is 24.1 Å². The molecule has 0 radical (unpaired) electrons. The van der Waals surface area contributed by atoms with Crippen LogP contribution in [0.2, 0.25) is 0 Å². The van der Waals surface area contributed by atoms with Gasteiger partial charge < -0.3 is 20.7 Å². The van der Waals surface area contributed by atoms with Gasteiger partial charge in [0.05, 0.1) is 13.7 Å². The van der Waals surface area contributed by atoms with Gasteiger partial charge in [0.1, 0.15) is 5.75 Å². The number of carbonyl (C=O) groups excluding carboxylic acids is 2. The summed E-state index contributed by atoms with van der Waals surface area (Å²) in [5.74, 6) is 0.715. The Bertz CT molecular complexity index is 582. The number of halogens is 1. The van der Waals surface area contributed by atoms with Gasteiger partial charge in [-0.15, -0.1) is 12.4 Å². The number of methoxy groups -OCH3 is 1. The third-order valence-electron chi connectivity index (χ3n) is 4.66. The number of hydrogen-bond acceptors (Lipinski definition) is 4. The highest BCUT2D eigenvalue weighted by Crippen LogP contribution is 2.32. The second kappa shape index (κ2) is 10.3. The zero-order valence-corrected chi connectivity index (χ0v) is 15.7. The molecule has 0 aromatic heterocycles. The van der Waals surface area contributed by atoms with E-state index in [-0.39, 0.29) is 42.6 Å². The minimum Gasteiger partial charge on any atom is -0.497 e. The molecule has 0 saturated heterocycles. The van der Waals surface area contributed by atoms with Crippen molar-refractivity contribution in [2.24, 2.45) is 17.6 Å². The molecule has 2 amide bonds. The first-order valence-electron chi connectivity index (χ1n) is 8.51. The fraction of sp³-hybridized carbons (Fsp3) is 0.556. The van der Waals surface area contributed by atoms with Gasteiger partial charge >= 0.3 is 0 Å². The van der Waals surface area contributed by atoms with Crippen molar-refractivity contribution in [3.63, 3.8) is 0 Å². The molecule has 0 heterocycles. The molecule has 3 N–H and O–H groups in total. The van der Waals surface area contributed by atoms with E-state index in [1.807, 2.05) is 19.1 Å². The van der Waals surface area contributed by atoms with E-state index in [9.17, 15) is 9.59 Å². The minimum absolute atomic E-state index is 0. The molecule has 1 aromatic carbocycles. The fourth-order valence-electron chi connectivity index (χ4n) is 3.30. The van der Waals surface area contributed by atoms with Crippen LogP contribution in [0.3, 0.4) is 0 Å². The normalized spacial score (nSPS) is 19.0. The molecule has 6 nitrogen and oxygen atoms in total.